The van der Waals surface area contributed by atoms with Crippen molar-refractivity contribution in [3.8, 4) is 11.4 Å². The molecule has 3 aromatic rings. The first-order valence-electron chi connectivity index (χ1n) is 6.43. The lowest BCUT2D eigenvalue weighted by atomic mass is 10.2. The molecule has 0 aliphatic heterocycles. The van der Waals surface area contributed by atoms with Crippen molar-refractivity contribution in [1.29, 1.82) is 0 Å². The van der Waals surface area contributed by atoms with Crippen LogP contribution < -0.4 is 5.32 Å². The molecule has 0 saturated carbocycles. The summed E-state index contributed by atoms with van der Waals surface area (Å²) < 4.78 is 1.72. The van der Waals surface area contributed by atoms with Crippen LogP contribution in [-0.4, -0.2) is 20.8 Å². The van der Waals surface area contributed by atoms with Crippen molar-refractivity contribution < 1.29 is 9.90 Å². The summed E-state index contributed by atoms with van der Waals surface area (Å²) in [6, 6.07) is 15.4. The van der Waals surface area contributed by atoms with Gasteiger partial charge in [-0.05, 0) is 42.5 Å². The van der Waals surface area contributed by atoms with Crippen LogP contribution in [0.5, 0.6) is 5.75 Å². The fourth-order valence-electron chi connectivity index (χ4n) is 1.97. The van der Waals surface area contributed by atoms with Crippen LogP contribution in [0.2, 0.25) is 0 Å². The van der Waals surface area contributed by atoms with Gasteiger partial charge in [-0.1, -0.05) is 6.07 Å². The largest absolute Gasteiger partial charge is 0.508 e. The molecule has 0 fully saturated rings. The number of phenols is 1. The fourth-order valence-corrected chi connectivity index (χ4v) is 1.97. The summed E-state index contributed by atoms with van der Waals surface area (Å²) in [5.74, 6) is -0.116. The van der Waals surface area contributed by atoms with Gasteiger partial charge in [0.15, 0.2) is 0 Å². The molecule has 2 aromatic carbocycles. The standard InChI is InChI=1S/C16H13N3O2/c20-15-4-1-3-13(11-15)18-16(21)12-5-7-14(8-6-12)19-10-2-9-17-19/h1-11,20H,(H,18,21). The van der Waals surface area contributed by atoms with Crippen LogP contribution in [0.15, 0.2) is 67.0 Å². The van der Waals surface area contributed by atoms with E-state index in [0.717, 1.165) is 5.69 Å². The number of nitrogens with one attached hydrogen (secondary N) is 1. The van der Waals surface area contributed by atoms with Gasteiger partial charge < -0.3 is 10.4 Å². The number of phenolic OH excluding ortho intramolecular Hbond substituents is 1. The maximum atomic E-state index is 12.1. The maximum Gasteiger partial charge on any atom is 0.255 e. The molecule has 0 radical (unpaired) electrons. The number of anilines is 1. The Bertz CT molecular complexity index is 749. The third-order valence-corrected chi connectivity index (χ3v) is 3.00. The molecule has 0 aliphatic carbocycles. The first-order valence-corrected chi connectivity index (χ1v) is 6.43. The number of rotatable bonds is 3. The second kappa shape index (κ2) is 5.50. The fraction of sp³-hybridized carbons (Fsp3) is 0. The zero-order valence-electron chi connectivity index (χ0n) is 11.1. The summed E-state index contributed by atoms with van der Waals surface area (Å²) in [6.45, 7) is 0. The van der Waals surface area contributed by atoms with Crippen molar-refractivity contribution in [3.63, 3.8) is 0 Å². The van der Waals surface area contributed by atoms with Gasteiger partial charge in [0, 0.05) is 29.7 Å². The average Bonchev–Trinajstić information content (AvgIpc) is 3.01. The van der Waals surface area contributed by atoms with Crippen LogP contribution in [0, 0.1) is 0 Å². The highest BCUT2D eigenvalue weighted by Gasteiger charge is 2.07. The van der Waals surface area contributed by atoms with E-state index < -0.39 is 0 Å². The third-order valence-electron chi connectivity index (χ3n) is 3.00. The lowest BCUT2D eigenvalue weighted by molar-refractivity contribution is 0.102. The SMILES string of the molecule is O=C(Nc1cccc(O)c1)c1ccc(-n2cccn2)cc1. The molecule has 0 spiro atoms. The quantitative estimate of drug-likeness (QED) is 0.774. The highest BCUT2D eigenvalue weighted by Crippen LogP contribution is 2.17. The van der Waals surface area contributed by atoms with Gasteiger partial charge in [-0.2, -0.15) is 5.10 Å². The Hall–Kier alpha value is -3.08. The van der Waals surface area contributed by atoms with Gasteiger partial charge in [-0.25, -0.2) is 4.68 Å². The lowest BCUT2D eigenvalue weighted by Crippen LogP contribution is -2.11. The van der Waals surface area contributed by atoms with E-state index in [-0.39, 0.29) is 11.7 Å². The summed E-state index contributed by atoms with van der Waals surface area (Å²) >= 11 is 0. The third kappa shape index (κ3) is 2.92. The molecule has 0 unspecified atom stereocenters. The van der Waals surface area contributed by atoms with Crippen LogP contribution >= 0.6 is 0 Å². The number of carbonyl (C=O) groups excluding carboxylic acids is 1. The second-order valence-electron chi connectivity index (χ2n) is 4.50. The van der Waals surface area contributed by atoms with Crippen LogP contribution in [0.25, 0.3) is 5.69 Å². The van der Waals surface area contributed by atoms with Crippen LogP contribution in [0.3, 0.4) is 0 Å². The summed E-state index contributed by atoms with van der Waals surface area (Å²) in [5.41, 5.74) is 1.97. The van der Waals surface area contributed by atoms with E-state index in [1.807, 2.05) is 24.4 Å². The van der Waals surface area contributed by atoms with E-state index in [2.05, 4.69) is 10.4 Å². The van der Waals surface area contributed by atoms with E-state index in [0.29, 0.717) is 11.3 Å². The Morgan fingerprint density at radius 3 is 2.57 bits per heavy atom. The van der Waals surface area contributed by atoms with Crippen molar-refractivity contribution in [2.45, 2.75) is 0 Å². The van der Waals surface area contributed by atoms with Crippen molar-refractivity contribution in [2.24, 2.45) is 0 Å². The van der Waals surface area contributed by atoms with E-state index in [9.17, 15) is 9.90 Å². The Morgan fingerprint density at radius 2 is 1.90 bits per heavy atom. The number of hydrogen-bond donors (Lipinski definition) is 2. The summed E-state index contributed by atoms with van der Waals surface area (Å²) in [7, 11) is 0. The molecule has 2 N–H and O–H groups in total. The zero-order chi connectivity index (χ0) is 14.7. The van der Waals surface area contributed by atoms with Crippen LogP contribution in [0.4, 0.5) is 5.69 Å². The monoisotopic (exact) mass is 279 g/mol. The molecule has 1 aromatic heterocycles. The molecule has 1 heterocycles. The summed E-state index contributed by atoms with van der Waals surface area (Å²) in [4.78, 5) is 12.1. The van der Waals surface area contributed by atoms with E-state index in [4.69, 9.17) is 0 Å². The Balaban J connectivity index is 1.76. The number of nitrogens with zero attached hydrogens (tertiary/aromatic N) is 2. The number of carbonyl (C=O) groups is 1. The minimum Gasteiger partial charge on any atom is -0.508 e. The van der Waals surface area contributed by atoms with Gasteiger partial charge >= 0.3 is 0 Å². The summed E-state index contributed by atoms with van der Waals surface area (Å²) in [6.07, 6.45) is 3.53. The molecular weight excluding hydrogens is 266 g/mol. The number of aromatic nitrogens is 2. The maximum absolute atomic E-state index is 12.1. The van der Waals surface area contributed by atoms with E-state index in [1.165, 1.54) is 6.07 Å². The first-order chi connectivity index (χ1) is 10.2. The molecule has 0 bridgehead atoms. The minimum atomic E-state index is -0.229. The highest BCUT2D eigenvalue weighted by atomic mass is 16.3. The number of benzene rings is 2. The van der Waals surface area contributed by atoms with Crippen molar-refractivity contribution in [2.75, 3.05) is 5.32 Å². The predicted octanol–water partition coefficient (Wildman–Crippen LogP) is 2.83. The predicted molar refractivity (Wildman–Crippen MR) is 79.6 cm³/mol. The molecule has 0 aliphatic rings. The number of aromatic hydroxyl groups is 1. The molecule has 21 heavy (non-hydrogen) atoms. The lowest BCUT2D eigenvalue weighted by Gasteiger charge is -2.07. The highest BCUT2D eigenvalue weighted by molar-refractivity contribution is 6.04. The molecular formula is C16H13N3O2. The van der Waals surface area contributed by atoms with Gasteiger partial charge in [0.05, 0.1) is 5.69 Å². The molecule has 0 atom stereocenters. The Kier molecular flexibility index (Phi) is 3.39. The smallest absolute Gasteiger partial charge is 0.255 e. The van der Waals surface area contributed by atoms with Gasteiger partial charge in [0.2, 0.25) is 0 Å². The average molecular weight is 279 g/mol. The first kappa shape index (κ1) is 12.9. The summed E-state index contributed by atoms with van der Waals surface area (Å²) in [5, 5.41) is 16.2. The molecule has 5 nitrogen and oxygen atoms in total. The number of hydrogen-bond acceptors (Lipinski definition) is 3. The van der Waals surface area contributed by atoms with Gasteiger partial charge in [0.25, 0.3) is 5.91 Å². The molecule has 104 valence electrons. The molecule has 1 amide bonds. The zero-order valence-corrected chi connectivity index (χ0v) is 11.1. The Labute approximate surface area is 121 Å². The molecule has 5 heteroatoms. The van der Waals surface area contributed by atoms with Gasteiger partial charge in [-0.15, -0.1) is 0 Å². The van der Waals surface area contributed by atoms with Gasteiger partial charge in [-0.3, -0.25) is 4.79 Å². The van der Waals surface area contributed by atoms with Crippen molar-refractivity contribution >= 4 is 11.6 Å². The topological polar surface area (TPSA) is 67.2 Å². The van der Waals surface area contributed by atoms with Crippen molar-refractivity contribution in [1.82, 2.24) is 9.78 Å². The molecule has 3 rings (SSSR count). The molecule has 0 saturated heterocycles. The Morgan fingerprint density at radius 1 is 1.10 bits per heavy atom. The number of amides is 1. The van der Waals surface area contributed by atoms with Crippen LogP contribution in [-0.2, 0) is 0 Å². The van der Waals surface area contributed by atoms with Gasteiger partial charge in [0.1, 0.15) is 5.75 Å². The normalized spacial score (nSPS) is 10.3. The van der Waals surface area contributed by atoms with E-state index >= 15 is 0 Å². The van der Waals surface area contributed by atoms with Crippen molar-refractivity contribution in [3.05, 3.63) is 72.6 Å². The van der Waals surface area contributed by atoms with Crippen LogP contribution in [0.1, 0.15) is 10.4 Å². The minimum absolute atomic E-state index is 0.113. The second-order valence-corrected chi connectivity index (χ2v) is 4.50. The van der Waals surface area contributed by atoms with E-state index in [1.54, 1.807) is 41.2 Å².